The van der Waals surface area contributed by atoms with E-state index >= 15 is 0 Å². The van der Waals surface area contributed by atoms with Crippen molar-refractivity contribution >= 4 is 22.6 Å². The lowest BCUT2D eigenvalue weighted by atomic mass is 10.0. The quantitative estimate of drug-likeness (QED) is 0.288. The smallest absolute Gasteiger partial charge is 0.0460 e. The highest BCUT2D eigenvalue weighted by Gasteiger charge is 2.08. The first-order valence-electron chi connectivity index (χ1n) is 4.93. The molecule has 1 rings (SSSR count). The highest BCUT2D eigenvalue weighted by molar-refractivity contribution is 14.1. The van der Waals surface area contributed by atoms with Crippen molar-refractivity contribution in [3.8, 4) is 12.3 Å². The molecule has 2 nitrogen and oxygen atoms in total. The molecule has 0 fully saturated rings. The van der Waals surface area contributed by atoms with E-state index in [1.54, 1.807) is 0 Å². The third kappa shape index (κ3) is 4.20. The minimum atomic E-state index is 0.202. The molecule has 15 heavy (non-hydrogen) atoms. The Bertz CT molecular complexity index is 344. The number of unbranched alkanes of at least 4 members (excludes halogenated alkanes) is 1. The van der Waals surface area contributed by atoms with Crippen LogP contribution < -0.4 is 11.3 Å². The van der Waals surface area contributed by atoms with E-state index in [2.05, 4.69) is 52.1 Å². The number of terminal acetylenes is 1. The summed E-state index contributed by atoms with van der Waals surface area (Å²) < 4.78 is 1.22. The van der Waals surface area contributed by atoms with Crippen molar-refractivity contribution in [2.45, 2.75) is 25.3 Å². The second kappa shape index (κ2) is 6.83. The first-order valence-corrected chi connectivity index (χ1v) is 6.01. The molecule has 1 atom stereocenters. The van der Waals surface area contributed by atoms with Crippen LogP contribution in [0.4, 0.5) is 0 Å². The summed E-state index contributed by atoms with van der Waals surface area (Å²) >= 11 is 2.30. The predicted octanol–water partition coefficient (Wildman–Crippen LogP) is 2.60. The number of nitrogens with one attached hydrogen (secondary N) is 1. The maximum absolute atomic E-state index is 5.53. The van der Waals surface area contributed by atoms with Crippen LogP contribution in [0, 0.1) is 15.9 Å². The maximum atomic E-state index is 5.53. The number of nitrogens with two attached hydrogens (primary N) is 1. The fraction of sp³-hybridized carbons (Fsp3) is 0.333. The van der Waals surface area contributed by atoms with Gasteiger partial charge in [-0.25, -0.2) is 0 Å². The standard InChI is InChI=1S/C12H15IN2/c1-2-3-4-8-12(15-14)10-6-5-7-11(13)9-10/h1,5-7,9,12,15H,3-4,8,14H2. The van der Waals surface area contributed by atoms with Crippen LogP contribution >= 0.6 is 22.6 Å². The van der Waals surface area contributed by atoms with Crippen LogP contribution in [0.15, 0.2) is 24.3 Å². The monoisotopic (exact) mass is 314 g/mol. The zero-order valence-electron chi connectivity index (χ0n) is 8.54. The van der Waals surface area contributed by atoms with Gasteiger partial charge in [0.2, 0.25) is 0 Å². The highest BCUT2D eigenvalue weighted by Crippen LogP contribution is 2.20. The molecule has 80 valence electrons. The molecule has 3 heteroatoms. The highest BCUT2D eigenvalue weighted by atomic mass is 127. The molecule has 3 N–H and O–H groups in total. The van der Waals surface area contributed by atoms with Gasteiger partial charge in [0.15, 0.2) is 0 Å². The van der Waals surface area contributed by atoms with E-state index in [9.17, 15) is 0 Å². The molecule has 1 aromatic rings. The normalized spacial score (nSPS) is 12.1. The molecule has 0 spiro atoms. The average Bonchev–Trinajstić information content (AvgIpc) is 2.24. The average molecular weight is 314 g/mol. The second-order valence-electron chi connectivity index (χ2n) is 3.37. The zero-order chi connectivity index (χ0) is 11.1. The molecule has 0 heterocycles. The number of benzene rings is 1. The molecular formula is C12H15IN2. The van der Waals surface area contributed by atoms with Crippen LogP contribution in [-0.4, -0.2) is 0 Å². The summed E-state index contributed by atoms with van der Waals surface area (Å²) in [6, 6.07) is 8.54. The van der Waals surface area contributed by atoms with Gasteiger partial charge in [0, 0.05) is 16.0 Å². The van der Waals surface area contributed by atoms with Gasteiger partial charge in [-0.1, -0.05) is 12.1 Å². The minimum Gasteiger partial charge on any atom is -0.271 e. The largest absolute Gasteiger partial charge is 0.271 e. The number of rotatable bonds is 5. The van der Waals surface area contributed by atoms with Crippen molar-refractivity contribution in [2.75, 3.05) is 0 Å². The summed E-state index contributed by atoms with van der Waals surface area (Å²) in [5.74, 6) is 8.17. The maximum Gasteiger partial charge on any atom is 0.0460 e. The van der Waals surface area contributed by atoms with Crippen LogP contribution in [0.5, 0.6) is 0 Å². The Morgan fingerprint density at radius 3 is 2.93 bits per heavy atom. The first kappa shape index (κ1) is 12.5. The SMILES string of the molecule is C#CCCCC(NN)c1cccc(I)c1. The molecule has 1 unspecified atom stereocenters. The van der Waals surface area contributed by atoms with E-state index in [-0.39, 0.29) is 6.04 Å². The Hall–Kier alpha value is -0.570. The fourth-order valence-corrected chi connectivity index (χ4v) is 2.05. The van der Waals surface area contributed by atoms with Crippen molar-refractivity contribution in [1.29, 1.82) is 0 Å². The Morgan fingerprint density at radius 2 is 2.33 bits per heavy atom. The summed E-state index contributed by atoms with van der Waals surface area (Å²) in [6.07, 6.45) is 7.99. The molecule has 0 aliphatic rings. The summed E-state index contributed by atoms with van der Waals surface area (Å²) in [7, 11) is 0. The van der Waals surface area contributed by atoms with Crippen LogP contribution in [-0.2, 0) is 0 Å². The van der Waals surface area contributed by atoms with E-state index in [1.807, 2.05) is 6.07 Å². The Morgan fingerprint density at radius 1 is 1.53 bits per heavy atom. The van der Waals surface area contributed by atoms with Gasteiger partial charge in [-0.05, 0) is 53.1 Å². The summed E-state index contributed by atoms with van der Waals surface area (Å²) in [5, 5.41) is 0. The molecule has 0 saturated carbocycles. The van der Waals surface area contributed by atoms with E-state index in [0.717, 1.165) is 19.3 Å². The van der Waals surface area contributed by atoms with Gasteiger partial charge in [0.05, 0.1) is 0 Å². The molecule has 0 aliphatic carbocycles. The molecule has 0 amide bonds. The van der Waals surface area contributed by atoms with Crippen LogP contribution in [0.2, 0.25) is 0 Å². The number of hydrogen-bond donors (Lipinski definition) is 2. The lowest BCUT2D eigenvalue weighted by Crippen LogP contribution is -2.28. The Labute approximate surface area is 105 Å². The van der Waals surface area contributed by atoms with Crippen molar-refractivity contribution in [1.82, 2.24) is 5.43 Å². The van der Waals surface area contributed by atoms with E-state index < -0.39 is 0 Å². The third-order valence-corrected chi connectivity index (χ3v) is 2.94. The predicted molar refractivity (Wildman–Crippen MR) is 71.9 cm³/mol. The van der Waals surface area contributed by atoms with Crippen molar-refractivity contribution in [2.24, 2.45) is 5.84 Å². The number of halogens is 1. The van der Waals surface area contributed by atoms with E-state index in [1.165, 1.54) is 9.13 Å². The number of hydrazine groups is 1. The van der Waals surface area contributed by atoms with E-state index in [0.29, 0.717) is 0 Å². The lowest BCUT2D eigenvalue weighted by molar-refractivity contribution is 0.502. The minimum absolute atomic E-state index is 0.202. The number of hydrogen-bond acceptors (Lipinski definition) is 2. The van der Waals surface area contributed by atoms with Gasteiger partial charge in [-0.15, -0.1) is 12.3 Å². The zero-order valence-corrected chi connectivity index (χ0v) is 10.7. The molecule has 0 bridgehead atoms. The van der Waals surface area contributed by atoms with Crippen LogP contribution in [0.25, 0.3) is 0 Å². The fourth-order valence-electron chi connectivity index (χ4n) is 1.48. The Kier molecular flexibility index (Phi) is 5.69. The topological polar surface area (TPSA) is 38.0 Å². The van der Waals surface area contributed by atoms with Crippen molar-refractivity contribution in [3.63, 3.8) is 0 Å². The molecular weight excluding hydrogens is 299 g/mol. The van der Waals surface area contributed by atoms with Gasteiger partial charge in [-0.3, -0.25) is 11.3 Å². The van der Waals surface area contributed by atoms with Crippen molar-refractivity contribution in [3.05, 3.63) is 33.4 Å². The molecule has 0 saturated heterocycles. The van der Waals surface area contributed by atoms with Gasteiger partial charge in [0.1, 0.15) is 0 Å². The van der Waals surface area contributed by atoms with Crippen LogP contribution in [0.3, 0.4) is 0 Å². The van der Waals surface area contributed by atoms with E-state index in [4.69, 9.17) is 12.3 Å². The van der Waals surface area contributed by atoms with Crippen molar-refractivity contribution < 1.29 is 0 Å². The molecule has 0 aromatic heterocycles. The second-order valence-corrected chi connectivity index (χ2v) is 4.62. The first-order chi connectivity index (χ1) is 7.27. The molecule has 0 aliphatic heterocycles. The summed E-state index contributed by atoms with van der Waals surface area (Å²) in [4.78, 5) is 0. The van der Waals surface area contributed by atoms with Gasteiger partial charge in [-0.2, -0.15) is 0 Å². The molecule has 1 aromatic carbocycles. The van der Waals surface area contributed by atoms with Gasteiger partial charge >= 0.3 is 0 Å². The summed E-state index contributed by atoms with van der Waals surface area (Å²) in [5.41, 5.74) is 4.06. The molecule has 0 radical (unpaired) electrons. The van der Waals surface area contributed by atoms with Gasteiger partial charge < -0.3 is 0 Å². The third-order valence-electron chi connectivity index (χ3n) is 2.27. The van der Waals surface area contributed by atoms with Gasteiger partial charge in [0.25, 0.3) is 0 Å². The Balaban J connectivity index is 2.62. The summed E-state index contributed by atoms with van der Waals surface area (Å²) in [6.45, 7) is 0. The lowest BCUT2D eigenvalue weighted by Gasteiger charge is -2.15. The van der Waals surface area contributed by atoms with Crippen LogP contribution in [0.1, 0.15) is 30.9 Å².